The van der Waals surface area contributed by atoms with Crippen molar-refractivity contribution in [2.45, 2.75) is 13.8 Å². The molecule has 0 aromatic heterocycles. The van der Waals surface area contributed by atoms with Gasteiger partial charge in [0.25, 0.3) is 0 Å². The summed E-state index contributed by atoms with van der Waals surface area (Å²) in [6.45, 7) is 3.08. The number of nitrogens with zero attached hydrogens (tertiary/aromatic N) is 2. The van der Waals surface area contributed by atoms with E-state index in [-0.39, 0.29) is 11.8 Å². The summed E-state index contributed by atoms with van der Waals surface area (Å²) in [5.74, 6) is 1.15. The predicted molar refractivity (Wildman–Crippen MR) is 131 cm³/mol. The highest BCUT2D eigenvalue weighted by Gasteiger charge is 2.15. The van der Waals surface area contributed by atoms with Crippen LogP contribution in [0, 0.1) is 0 Å². The van der Waals surface area contributed by atoms with Crippen LogP contribution in [0.25, 0.3) is 0 Å². The van der Waals surface area contributed by atoms with Crippen LogP contribution in [0.3, 0.4) is 0 Å². The molecule has 0 saturated carbocycles. The molecular formula is C28H24N2O3. The van der Waals surface area contributed by atoms with Gasteiger partial charge in [-0.1, -0.05) is 36.4 Å². The van der Waals surface area contributed by atoms with E-state index in [1.54, 1.807) is 23.6 Å². The highest BCUT2D eigenvalue weighted by molar-refractivity contribution is 5.99. The Balaban J connectivity index is 1.50. The zero-order valence-electron chi connectivity index (χ0n) is 18.5. The number of para-hydroxylation sites is 2. The van der Waals surface area contributed by atoms with Gasteiger partial charge in [0.15, 0.2) is 0 Å². The zero-order chi connectivity index (χ0) is 23.2. The van der Waals surface area contributed by atoms with Gasteiger partial charge in [0, 0.05) is 36.6 Å². The van der Waals surface area contributed by atoms with Crippen LogP contribution in [0.4, 0.5) is 22.7 Å². The minimum absolute atomic E-state index is 0.0705. The fourth-order valence-electron chi connectivity index (χ4n) is 3.64. The second kappa shape index (κ2) is 9.83. The minimum Gasteiger partial charge on any atom is -0.457 e. The van der Waals surface area contributed by atoms with Crippen molar-refractivity contribution in [3.8, 4) is 11.5 Å². The maximum absolute atomic E-state index is 12.2. The lowest BCUT2D eigenvalue weighted by molar-refractivity contribution is -0.116. The average molecular weight is 437 g/mol. The molecule has 4 aromatic carbocycles. The van der Waals surface area contributed by atoms with Crippen molar-refractivity contribution in [2.24, 2.45) is 0 Å². The molecule has 0 aliphatic heterocycles. The fourth-order valence-corrected chi connectivity index (χ4v) is 3.64. The summed E-state index contributed by atoms with van der Waals surface area (Å²) in [6.07, 6.45) is 0. The SMILES string of the molecule is CC(=O)N(c1ccccc1)c1ccc(Oc2ccc(N(C(C)=O)c3ccccc3)cc2)cc1. The Morgan fingerprint density at radius 1 is 0.485 bits per heavy atom. The third-order valence-corrected chi connectivity index (χ3v) is 5.08. The molecule has 0 aliphatic carbocycles. The Kier molecular flexibility index (Phi) is 6.51. The zero-order valence-corrected chi connectivity index (χ0v) is 18.5. The summed E-state index contributed by atoms with van der Waals surface area (Å²) >= 11 is 0. The van der Waals surface area contributed by atoms with Crippen LogP contribution in [0.1, 0.15) is 13.8 Å². The molecule has 0 spiro atoms. The van der Waals surface area contributed by atoms with Crippen LogP contribution in [0.5, 0.6) is 11.5 Å². The number of carbonyl (C=O) groups excluding carboxylic acids is 2. The molecule has 0 unspecified atom stereocenters. The van der Waals surface area contributed by atoms with Crippen molar-refractivity contribution in [1.82, 2.24) is 0 Å². The quantitative estimate of drug-likeness (QED) is 0.332. The van der Waals surface area contributed by atoms with Crippen molar-refractivity contribution in [2.75, 3.05) is 9.80 Å². The highest BCUT2D eigenvalue weighted by Crippen LogP contribution is 2.31. The van der Waals surface area contributed by atoms with Gasteiger partial charge in [0.1, 0.15) is 11.5 Å². The Labute approximate surface area is 193 Å². The Hall–Kier alpha value is -4.38. The normalized spacial score (nSPS) is 10.4. The molecule has 164 valence electrons. The fraction of sp³-hybridized carbons (Fsp3) is 0.0714. The molecule has 5 nitrogen and oxygen atoms in total. The molecule has 4 aromatic rings. The molecule has 0 radical (unpaired) electrons. The maximum atomic E-state index is 12.2. The lowest BCUT2D eigenvalue weighted by Crippen LogP contribution is -2.22. The van der Waals surface area contributed by atoms with E-state index in [4.69, 9.17) is 4.74 Å². The second-order valence-electron chi connectivity index (χ2n) is 7.47. The lowest BCUT2D eigenvalue weighted by atomic mass is 10.2. The van der Waals surface area contributed by atoms with Crippen molar-refractivity contribution in [3.05, 3.63) is 109 Å². The first-order valence-corrected chi connectivity index (χ1v) is 10.6. The summed E-state index contributed by atoms with van der Waals surface area (Å²) < 4.78 is 5.97. The molecule has 33 heavy (non-hydrogen) atoms. The van der Waals surface area contributed by atoms with Crippen molar-refractivity contribution in [1.29, 1.82) is 0 Å². The lowest BCUT2D eigenvalue weighted by Gasteiger charge is -2.22. The number of amides is 2. The molecule has 0 atom stereocenters. The molecule has 0 fully saturated rings. The molecule has 2 amide bonds. The summed E-state index contributed by atoms with van der Waals surface area (Å²) in [5.41, 5.74) is 3.14. The number of ether oxygens (including phenoxy) is 1. The summed E-state index contributed by atoms with van der Waals surface area (Å²) in [4.78, 5) is 27.8. The van der Waals surface area contributed by atoms with E-state index in [2.05, 4.69) is 0 Å². The molecular weight excluding hydrogens is 412 g/mol. The van der Waals surface area contributed by atoms with Gasteiger partial charge in [-0.3, -0.25) is 19.4 Å². The van der Waals surface area contributed by atoms with E-state index < -0.39 is 0 Å². The third kappa shape index (κ3) is 5.10. The van der Waals surface area contributed by atoms with E-state index >= 15 is 0 Å². The molecule has 0 saturated heterocycles. The van der Waals surface area contributed by atoms with Crippen LogP contribution >= 0.6 is 0 Å². The predicted octanol–water partition coefficient (Wildman–Crippen LogP) is 6.85. The molecule has 4 rings (SSSR count). The average Bonchev–Trinajstić information content (AvgIpc) is 2.83. The van der Waals surface area contributed by atoms with Crippen molar-refractivity contribution < 1.29 is 14.3 Å². The second-order valence-corrected chi connectivity index (χ2v) is 7.47. The third-order valence-electron chi connectivity index (χ3n) is 5.08. The van der Waals surface area contributed by atoms with Gasteiger partial charge in [0.2, 0.25) is 11.8 Å². The van der Waals surface area contributed by atoms with Crippen LogP contribution in [0.15, 0.2) is 109 Å². The van der Waals surface area contributed by atoms with Gasteiger partial charge in [0.05, 0.1) is 0 Å². The smallest absolute Gasteiger partial charge is 0.228 e. The van der Waals surface area contributed by atoms with Gasteiger partial charge in [-0.05, 0) is 72.8 Å². The number of benzene rings is 4. The monoisotopic (exact) mass is 436 g/mol. The Morgan fingerprint density at radius 2 is 0.788 bits per heavy atom. The van der Waals surface area contributed by atoms with Gasteiger partial charge in [-0.25, -0.2) is 0 Å². The van der Waals surface area contributed by atoms with E-state index in [1.165, 1.54) is 0 Å². The van der Waals surface area contributed by atoms with Crippen LogP contribution in [-0.2, 0) is 9.59 Å². The van der Waals surface area contributed by atoms with Crippen molar-refractivity contribution >= 4 is 34.6 Å². The molecule has 0 aliphatic rings. The molecule has 0 bridgehead atoms. The van der Waals surface area contributed by atoms with Crippen LogP contribution in [0.2, 0.25) is 0 Å². The number of hydrogen-bond donors (Lipinski definition) is 0. The Bertz CT molecular complexity index is 1120. The van der Waals surface area contributed by atoms with Crippen LogP contribution < -0.4 is 14.5 Å². The van der Waals surface area contributed by atoms with Gasteiger partial charge >= 0.3 is 0 Å². The first kappa shape index (κ1) is 21.8. The molecule has 5 heteroatoms. The summed E-state index contributed by atoms with van der Waals surface area (Å²) in [7, 11) is 0. The highest BCUT2D eigenvalue weighted by atomic mass is 16.5. The Morgan fingerprint density at radius 3 is 1.09 bits per heavy atom. The number of rotatable bonds is 6. The van der Waals surface area contributed by atoms with Gasteiger partial charge in [-0.2, -0.15) is 0 Å². The van der Waals surface area contributed by atoms with Crippen LogP contribution in [-0.4, -0.2) is 11.8 Å². The van der Waals surface area contributed by atoms with E-state index in [0.29, 0.717) is 11.5 Å². The number of anilines is 4. The van der Waals surface area contributed by atoms with Crippen molar-refractivity contribution in [3.63, 3.8) is 0 Å². The minimum atomic E-state index is -0.0705. The summed E-state index contributed by atoms with van der Waals surface area (Å²) in [6, 6.07) is 33.7. The van der Waals surface area contributed by atoms with E-state index in [9.17, 15) is 9.59 Å². The first-order chi connectivity index (χ1) is 16.0. The first-order valence-electron chi connectivity index (χ1n) is 10.6. The molecule has 0 N–H and O–H groups in total. The standard InChI is InChI=1S/C28H24N2O3/c1-21(31)29(23-9-5-3-6-10-23)25-13-17-27(18-14-25)33-28-19-15-26(16-20-28)30(22(2)32)24-11-7-4-8-12-24/h3-20H,1-2H3. The summed E-state index contributed by atoms with van der Waals surface area (Å²) in [5, 5.41) is 0. The largest absolute Gasteiger partial charge is 0.457 e. The van der Waals surface area contributed by atoms with E-state index in [0.717, 1.165) is 22.7 Å². The van der Waals surface area contributed by atoms with E-state index in [1.807, 2.05) is 109 Å². The number of carbonyl (C=O) groups is 2. The number of hydrogen-bond acceptors (Lipinski definition) is 3. The van der Waals surface area contributed by atoms with Gasteiger partial charge < -0.3 is 4.74 Å². The molecule has 0 heterocycles. The topological polar surface area (TPSA) is 49.9 Å². The maximum Gasteiger partial charge on any atom is 0.228 e. The van der Waals surface area contributed by atoms with Gasteiger partial charge in [-0.15, -0.1) is 0 Å².